The Labute approximate surface area is 66.3 Å². The quantitative estimate of drug-likeness (QED) is 0.515. The third-order valence-corrected chi connectivity index (χ3v) is 0.751. The Morgan fingerprint density at radius 3 is 2.27 bits per heavy atom. The summed E-state index contributed by atoms with van der Waals surface area (Å²) in [6, 6.07) is 0. The second-order valence-electron chi connectivity index (χ2n) is 1.71. The van der Waals surface area contributed by atoms with Gasteiger partial charge in [-0.05, 0) is 18.9 Å². The van der Waals surface area contributed by atoms with Gasteiger partial charge in [-0.2, -0.15) is 0 Å². The Bertz CT molecular complexity index is 112. The van der Waals surface area contributed by atoms with Crippen LogP contribution in [0.5, 0.6) is 0 Å². The molecule has 4 N–H and O–H groups in total. The van der Waals surface area contributed by atoms with Gasteiger partial charge in [0, 0.05) is 12.6 Å². The normalized spacial score (nSPS) is 9.00. The number of carbonyl (C=O) groups excluding carboxylic acids is 1. The van der Waals surface area contributed by atoms with Gasteiger partial charge in [-0.15, -0.1) is 0 Å². The minimum atomic E-state index is -0.995. The molecular formula is C7H15NO3. The molecule has 0 aromatic heterocycles. The second-order valence-corrected chi connectivity index (χ2v) is 1.71. The van der Waals surface area contributed by atoms with Crippen molar-refractivity contribution in [1.82, 2.24) is 0 Å². The lowest BCUT2D eigenvalue weighted by Gasteiger charge is -1.87. The van der Waals surface area contributed by atoms with Gasteiger partial charge in [0.05, 0.1) is 6.20 Å². The van der Waals surface area contributed by atoms with Gasteiger partial charge in [0.25, 0.3) is 0 Å². The summed E-state index contributed by atoms with van der Waals surface area (Å²) in [4.78, 5) is 9.26. The van der Waals surface area contributed by atoms with Crippen molar-refractivity contribution in [3.8, 4) is 0 Å². The molecule has 11 heavy (non-hydrogen) atoms. The lowest BCUT2D eigenvalue weighted by Crippen LogP contribution is -2.39. The molecule has 0 aliphatic carbocycles. The first-order valence-electron chi connectivity index (χ1n) is 3.43. The molecule has 4 nitrogen and oxygen atoms in total. The lowest BCUT2D eigenvalue weighted by atomic mass is 10.4. The molecule has 0 rings (SSSR count). The van der Waals surface area contributed by atoms with Gasteiger partial charge in [0.2, 0.25) is 0 Å². The van der Waals surface area contributed by atoms with E-state index in [2.05, 4.69) is 5.73 Å². The summed E-state index contributed by atoms with van der Waals surface area (Å²) >= 11 is 0. The second kappa shape index (κ2) is 11.9. The number of rotatable bonds is 3. The van der Waals surface area contributed by atoms with Crippen LogP contribution in [-0.4, -0.2) is 17.7 Å². The summed E-state index contributed by atoms with van der Waals surface area (Å²) in [5.41, 5.74) is 3.43. The van der Waals surface area contributed by atoms with E-state index in [0.29, 0.717) is 0 Å². The third kappa shape index (κ3) is 27.2. The smallest absolute Gasteiger partial charge is 0.0869 e. The number of aliphatic hydroxyl groups is 1. The van der Waals surface area contributed by atoms with Crippen molar-refractivity contribution in [3.63, 3.8) is 0 Å². The number of aliphatic hydroxyl groups excluding tert-OH is 1. The zero-order chi connectivity index (χ0) is 9.11. The maximum atomic E-state index is 9.26. The number of quaternary nitrogens is 1. The average molecular weight is 161 g/mol. The van der Waals surface area contributed by atoms with Crippen molar-refractivity contribution in [1.29, 1.82) is 0 Å². The van der Waals surface area contributed by atoms with Crippen LogP contribution >= 0.6 is 0 Å². The minimum Gasteiger partial charge on any atom is -0.550 e. The fourth-order valence-corrected chi connectivity index (χ4v) is 0.192. The Morgan fingerprint density at radius 2 is 2.18 bits per heavy atom. The molecule has 66 valence electrons. The first-order chi connectivity index (χ1) is 5.18. The molecule has 0 atom stereocenters. The first kappa shape index (κ1) is 12.8. The van der Waals surface area contributed by atoms with Gasteiger partial charge < -0.3 is 20.7 Å². The molecule has 0 heterocycles. The summed E-state index contributed by atoms with van der Waals surface area (Å²) in [6.07, 6.45) is 4.33. The van der Waals surface area contributed by atoms with E-state index in [9.17, 15) is 9.90 Å². The van der Waals surface area contributed by atoms with Crippen LogP contribution in [0, 0.1) is 0 Å². The molecule has 0 aliphatic heterocycles. The Morgan fingerprint density at radius 1 is 1.73 bits per heavy atom. The van der Waals surface area contributed by atoms with Crippen molar-refractivity contribution >= 4 is 5.97 Å². The van der Waals surface area contributed by atoms with E-state index in [4.69, 9.17) is 5.11 Å². The number of aliphatic carboxylic acids is 1. The SMILES string of the molecule is CCC(=O)[O-].[NH3+]/C=C/CCO. The fraction of sp³-hybridized carbons (Fsp3) is 0.571. The highest BCUT2D eigenvalue weighted by molar-refractivity contribution is 5.63. The summed E-state index contributed by atoms with van der Waals surface area (Å²) in [5, 5.41) is 17.4. The maximum Gasteiger partial charge on any atom is 0.0869 e. The van der Waals surface area contributed by atoms with Crippen LogP contribution in [0.1, 0.15) is 19.8 Å². The van der Waals surface area contributed by atoms with Crippen molar-refractivity contribution in [2.75, 3.05) is 6.61 Å². The first-order valence-corrected chi connectivity index (χ1v) is 3.43. The Kier molecular flexibility index (Phi) is 13.8. The topological polar surface area (TPSA) is 88.0 Å². The highest BCUT2D eigenvalue weighted by atomic mass is 16.4. The molecular weight excluding hydrogens is 146 g/mol. The van der Waals surface area contributed by atoms with Gasteiger partial charge in [-0.3, -0.25) is 0 Å². The largest absolute Gasteiger partial charge is 0.550 e. The molecule has 0 amide bonds. The Hall–Kier alpha value is -0.870. The van der Waals surface area contributed by atoms with E-state index in [0.717, 1.165) is 6.42 Å². The molecule has 0 saturated heterocycles. The summed E-state index contributed by atoms with van der Waals surface area (Å²) in [6.45, 7) is 1.77. The summed E-state index contributed by atoms with van der Waals surface area (Å²) in [5.74, 6) is -0.995. The molecule has 0 unspecified atom stereocenters. The van der Waals surface area contributed by atoms with E-state index in [1.165, 1.54) is 6.92 Å². The zero-order valence-corrected chi connectivity index (χ0v) is 6.75. The summed E-state index contributed by atoms with van der Waals surface area (Å²) in [7, 11) is 0. The molecule has 0 spiro atoms. The Balaban J connectivity index is 0. The lowest BCUT2D eigenvalue weighted by molar-refractivity contribution is -0.305. The van der Waals surface area contributed by atoms with Gasteiger partial charge in [-0.25, -0.2) is 0 Å². The molecule has 0 aliphatic rings. The maximum absolute atomic E-state index is 9.26. The highest BCUT2D eigenvalue weighted by Gasteiger charge is 1.68. The van der Waals surface area contributed by atoms with Crippen LogP contribution in [0.2, 0.25) is 0 Å². The number of carboxylic acid groups (broad SMARTS) is 1. The molecule has 0 saturated carbocycles. The van der Waals surface area contributed by atoms with E-state index in [1.54, 1.807) is 6.20 Å². The van der Waals surface area contributed by atoms with Gasteiger partial charge in [0.1, 0.15) is 0 Å². The fourth-order valence-electron chi connectivity index (χ4n) is 0.192. The number of carbonyl (C=O) groups is 1. The van der Waals surface area contributed by atoms with Crippen LogP contribution in [0.25, 0.3) is 0 Å². The number of hydrogen-bond donors (Lipinski definition) is 2. The van der Waals surface area contributed by atoms with Gasteiger partial charge >= 0.3 is 0 Å². The zero-order valence-electron chi connectivity index (χ0n) is 6.75. The predicted octanol–water partition coefficient (Wildman–Crippen LogP) is -1.73. The van der Waals surface area contributed by atoms with Crippen molar-refractivity contribution in [2.24, 2.45) is 0 Å². The minimum absolute atomic E-state index is 0.111. The number of hydrogen-bond acceptors (Lipinski definition) is 3. The van der Waals surface area contributed by atoms with Crippen LogP contribution in [-0.2, 0) is 4.79 Å². The molecule has 0 aromatic rings. The monoisotopic (exact) mass is 161 g/mol. The highest BCUT2D eigenvalue weighted by Crippen LogP contribution is 1.71. The van der Waals surface area contributed by atoms with E-state index in [-0.39, 0.29) is 13.0 Å². The van der Waals surface area contributed by atoms with E-state index < -0.39 is 5.97 Å². The molecule has 0 radical (unpaired) electrons. The van der Waals surface area contributed by atoms with Crippen molar-refractivity contribution in [2.45, 2.75) is 19.8 Å². The molecule has 0 aromatic carbocycles. The summed E-state index contributed by atoms with van der Waals surface area (Å²) < 4.78 is 0. The molecule has 0 fully saturated rings. The van der Waals surface area contributed by atoms with Crippen molar-refractivity contribution < 1.29 is 20.7 Å². The average Bonchev–Trinajstić information content (AvgIpc) is 2.02. The van der Waals surface area contributed by atoms with Crippen molar-refractivity contribution in [3.05, 3.63) is 12.3 Å². The van der Waals surface area contributed by atoms with E-state index >= 15 is 0 Å². The third-order valence-electron chi connectivity index (χ3n) is 0.751. The number of carboxylic acids is 1. The standard InChI is InChI=1S/C4H9NO.C3H6O2/c5-3-1-2-4-6;1-2-3(4)5/h1,3,6H,2,4-5H2;2H2,1H3,(H,4,5)/b3-1+;. The molecule has 4 heteroatoms. The molecule has 0 bridgehead atoms. The predicted molar refractivity (Wildman–Crippen MR) is 39.0 cm³/mol. The van der Waals surface area contributed by atoms with Crippen LogP contribution in [0.15, 0.2) is 12.3 Å². The van der Waals surface area contributed by atoms with Gasteiger partial charge in [0.15, 0.2) is 0 Å². The van der Waals surface area contributed by atoms with Crippen LogP contribution in [0.3, 0.4) is 0 Å². The van der Waals surface area contributed by atoms with Crippen LogP contribution in [0.4, 0.5) is 0 Å². The van der Waals surface area contributed by atoms with E-state index in [1.807, 2.05) is 6.08 Å². The van der Waals surface area contributed by atoms with Gasteiger partial charge in [-0.1, -0.05) is 6.92 Å². The van der Waals surface area contributed by atoms with Crippen LogP contribution < -0.4 is 10.8 Å².